The third-order valence-electron chi connectivity index (χ3n) is 9.52. The molecule has 4 rings (SSSR count). The molecule has 1 heterocycles. The first-order valence-corrected chi connectivity index (χ1v) is 17.3. The molecule has 2 N–H and O–H groups in total. The Morgan fingerprint density at radius 3 is 2.40 bits per heavy atom. The van der Waals surface area contributed by atoms with Gasteiger partial charge in [0.05, 0.1) is 36.0 Å². The van der Waals surface area contributed by atoms with E-state index in [1.165, 1.54) is 12.1 Å². The Morgan fingerprint density at radius 2 is 1.73 bits per heavy atom. The van der Waals surface area contributed by atoms with Crippen LogP contribution in [0, 0.1) is 11.8 Å². The normalized spacial score (nSPS) is 22.8. The van der Waals surface area contributed by atoms with E-state index in [1.807, 2.05) is 25.8 Å². The summed E-state index contributed by atoms with van der Waals surface area (Å²) in [5.41, 5.74) is 0.928. The van der Waals surface area contributed by atoms with Gasteiger partial charge in [-0.3, -0.25) is 14.5 Å². The van der Waals surface area contributed by atoms with Crippen molar-refractivity contribution >= 4 is 17.5 Å². The number of carbonyl (C=O) groups excluding carboxylic acids is 2. The number of carbonyl (C=O) groups is 2. The first-order valence-electron chi connectivity index (χ1n) is 17.3. The number of aliphatic hydroxyl groups excluding tert-OH is 1. The quantitative estimate of drug-likeness (QED) is 0.309. The zero-order valence-electron chi connectivity index (χ0n) is 28.7. The van der Waals surface area contributed by atoms with Crippen LogP contribution in [0.1, 0.15) is 93.6 Å². The highest BCUT2D eigenvalue weighted by Gasteiger charge is 2.32. The average molecular weight is 676 g/mol. The summed E-state index contributed by atoms with van der Waals surface area (Å²) in [6.07, 6.45) is 2.51. The molecule has 0 aromatic heterocycles. The predicted octanol–water partition coefficient (Wildman–Crippen LogP) is 7.15. The van der Waals surface area contributed by atoms with Crippen LogP contribution in [0.5, 0.6) is 5.75 Å². The van der Waals surface area contributed by atoms with Gasteiger partial charge in [-0.25, -0.2) is 0 Å². The number of anilines is 1. The molecule has 0 saturated heterocycles. The molecule has 0 unspecified atom stereocenters. The standard InChI is InChI=1S/C37H52F3N3O5/c1-25-21-43(26(2)24-44)36(46)32-20-31(41-35(45)29-11-6-5-7-12-29)17-18-33(32)48-27(3)10-8-9-19-47-34(25)23-42(4)22-28-13-15-30(16-14-28)37(38,39)40/h13-18,20,25-27,29,34,44H,5-12,19,21-24H2,1-4H3,(H,41,45)/t25-,26-,27-,34-/m1/s1. The van der Waals surface area contributed by atoms with E-state index in [0.29, 0.717) is 36.7 Å². The Balaban J connectivity index is 1.56. The highest BCUT2D eigenvalue weighted by atomic mass is 19.4. The molecule has 1 aliphatic carbocycles. The first-order chi connectivity index (χ1) is 22.8. The third kappa shape index (κ3) is 10.7. The number of hydrogen-bond donors (Lipinski definition) is 2. The topological polar surface area (TPSA) is 91.3 Å². The molecule has 1 fully saturated rings. The molecule has 0 bridgehead atoms. The van der Waals surface area contributed by atoms with Crippen molar-refractivity contribution in [3.8, 4) is 5.75 Å². The largest absolute Gasteiger partial charge is 0.490 e. The van der Waals surface area contributed by atoms with Crippen LogP contribution in [0.4, 0.5) is 18.9 Å². The Labute approximate surface area is 283 Å². The van der Waals surface area contributed by atoms with Gasteiger partial charge in [0.1, 0.15) is 5.75 Å². The van der Waals surface area contributed by atoms with Crippen LogP contribution in [0.2, 0.25) is 0 Å². The summed E-state index contributed by atoms with van der Waals surface area (Å²) in [5.74, 6) is -0.105. The van der Waals surface area contributed by atoms with E-state index >= 15 is 0 Å². The van der Waals surface area contributed by atoms with Crippen molar-refractivity contribution in [2.24, 2.45) is 11.8 Å². The number of likely N-dealkylation sites (N-methyl/N-ethyl adjacent to an activating group) is 1. The minimum Gasteiger partial charge on any atom is -0.490 e. The van der Waals surface area contributed by atoms with Crippen molar-refractivity contribution in [2.75, 3.05) is 38.7 Å². The summed E-state index contributed by atoms with van der Waals surface area (Å²) in [6.45, 7) is 7.24. The summed E-state index contributed by atoms with van der Waals surface area (Å²) < 4.78 is 51.9. The van der Waals surface area contributed by atoms with Gasteiger partial charge in [0, 0.05) is 43.8 Å². The van der Waals surface area contributed by atoms with Crippen LogP contribution in [0.25, 0.3) is 0 Å². The van der Waals surface area contributed by atoms with E-state index in [4.69, 9.17) is 9.47 Å². The van der Waals surface area contributed by atoms with Gasteiger partial charge in [0.15, 0.2) is 0 Å². The van der Waals surface area contributed by atoms with Crippen molar-refractivity contribution in [1.29, 1.82) is 0 Å². The molecule has 266 valence electrons. The fourth-order valence-electron chi connectivity index (χ4n) is 6.55. The molecule has 0 radical (unpaired) electrons. The van der Waals surface area contributed by atoms with E-state index < -0.39 is 17.8 Å². The molecule has 48 heavy (non-hydrogen) atoms. The number of nitrogens with one attached hydrogen (secondary N) is 1. The zero-order chi connectivity index (χ0) is 34.8. The summed E-state index contributed by atoms with van der Waals surface area (Å²) in [5, 5.41) is 13.3. The highest BCUT2D eigenvalue weighted by Crippen LogP contribution is 2.31. The van der Waals surface area contributed by atoms with Gasteiger partial charge < -0.3 is 24.8 Å². The summed E-state index contributed by atoms with van der Waals surface area (Å²) in [6, 6.07) is 9.88. The Bertz CT molecular complexity index is 1330. The summed E-state index contributed by atoms with van der Waals surface area (Å²) >= 11 is 0. The number of aliphatic hydroxyl groups is 1. The number of nitrogens with zero attached hydrogens (tertiary/aromatic N) is 2. The minimum atomic E-state index is -4.39. The SMILES string of the molecule is C[C@@H]1CCCCO[C@H](CN(C)Cc2ccc(C(F)(F)F)cc2)[C@H](C)CN([C@H](C)CO)C(=O)c2cc(NC(=O)C3CCCCC3)ccc2O1. The number of amides is 2. The summed E-state index contributed by atoms with van der Waals surface area (Å²) in [7, 11) is 1.90. The van der Waals surface area contributed by atoms with Crippen LogP contribution in [-0.2, 0) is 22.3 Å². The van der Waals surface area contributed by atoms with E-state index in [-0.39, 0.29) is 49.0 Å². The van der Waals surface area contributed by atoms with Crippen LogP contribution in [0.15, 0.2) is 42.5 Å². The van der Waals surface area contributed by atoms with Gasteiger partial charge in [-0.1, -0.05) is 38.3 Å². The number of halogens is 3. The van der Waals surface area contributed by atoms with Crippen molar-refractivity contribution in [2.45, 2.75) is 103 Å². The monoisotopic (exact) mass is 675 g/mol. The molecule has 8 nitrogen and oxygen atoms in total. The van der Waals surface area contributed by atoms with Gasteiger partial charge in [-0.05, 0) is 88.9 Å². The van der Waals surface area contributed by atoms with Gasteiger partial charge in [0.25, 0.3) is 5.91 Å². The molecule has 1 saturated carbocycles. The van der Waals surface area contributed by atoms with Crippen molar-refractivity contribution in [1.82, 2.24) is 9.80 Å². The average Bonchev–Trinajstić information content (AvgIpc) is 3.06. The number of ether oxygens (including phenoxy) is 2. The number of hydrogen-bond acceptors (Lipinski definition) is 6. The second kappa shape index (κ2) is 17.5. The third-order valence-corrected chi connectivity index (χ3v) is 9.52. The van der Waals surface area contributed by atoms with Gasteiger partial charge in [0.2, 0.25) is 5.91 Å². The molecule has 4 atom stereocenters. The van der Waals surface area contributed by atoms with E-state index in [0.717, 1.165) is 69.1 Å². The molecule has 2 aliphatic rings. The van der Waals surface area contributed by atoms with Crippen LogP contribution >= 0.6 is 0 Å². The van der Waals surface area contributed by atoms with E-state index in [2.05, 4.69) is 5.32 Å². The Kier molecular flexibility index (Phi) is 13.7. The second-order valence-electron chi connectivity index (χ2n) is 13.7. The minimum absolute atomic E-state index is 0.0353. The van der Waals surface area contributed by atoms with Crippen molar-refractivity contribution < 1.29 is 37.3 Å². The molecule has 1 aliphatic heterocycles. The van der Waals surface area contributed by atoms with Gasteiger partial charge in [-0.2, -0.15) is 13.2 Å². The lowest BCUT2D eigenvalue weighted by Crippen LogP contribution is -2.47. The maximum absolute atomic E-state index is 14.4. The lowest BCUT2D eigenvalue weighted by Gasteiger charge is -2.36. The predicted molar refractivity (Wildman–Crippen MR) is 180 cm³/mol. The molecule has 2 aromatic carbocycles. The number of fused-ring (bicyclic) bond motifs is 1. The smallest absolute Gasteiger partial charge is 0.416 e. The molecule has 2 amide bonds. The van der Waals surface area contributed by atoms with E-state index in [1.54, 1.807) is 30.0 Å². The van der Waals surface area contributed by atoms with Crippen molar-refractivity contribution in [3.05, 3.63) is 59.2 Å². The Morgan fingerprint density at radius 1 is 1.04 bits per heavy atom. The van der Waals surface area contributed by atoms with Gasteiger partial charge in [-0.15, -0.1) is 0 Å². The summed E-state index contributed by atoms with van der Waals surface area (Å²) in [4.78, 5) is 31.1. The fraction of sp³-hybridized carbons (Fsp3) is 0.622. The molecular formula is C37H52F3N3O5. The zero-order valence-corrected chi connectivity index (χ0v) is 28.7. The molecule has 0 spiro atoms. The lowest BCUT2D eigenvalue weighted by atomic mass is 9.88. The van der Waals surface area contributed by atoms with Crippen molar-refractivity contribution in [3.63, 3.8) is 0 Å². The fourth-order valence-corrected chi connectivity index (χ4v) is 6.55. The lowest BCUT2D eigenvalue weighted by molar-refractivity contribution is -0.137. The van der Waals surface area contributed by atoms with Crippen LogP contribution < -0.4 is 10.1 Å². The molecule has 11 heteroatoms. The van der Waals surface area contributed by atoms with Crippen LogP contribution in [0.3, 0.4) is 0 Å². The highest BCUT2D eigenvalue weighted by molar-refractivity contribution is 6.00. The van der Waals surface area contributed by atoms with Crippen LogP contribution in [-0.4, -0.2) is 78.3 Å². The second-order valence-corrected chi connectivity index (χ2v) is 13.7. The molecular weight excluding hydrogens is 623 g/mol. The number of alkyl halides is 3. The maximum Gasteiger partial charge on any atom is 0.416 e. The number of benzene rings is 2. The maximum atomic E-state index is 14.4. The van der Waals surface area contributed by atoms with Gasteiger partial charge >= 0.3 is 6.18 Å². The molecule has 2 aromatic rings. The first kappa shape index (κ1) is 37.7. The number of rotatable bonds is 8. The Hall–Kier alpha value is -3.15. The van der Waals surface area contributed by atoms with E-state index in [9.17, 15) is 27.9 Å².